The van der Waals surface area contributed by atoms with E-state index in [0.29, 0.717) is 16.8 Å². The molecular weight excluding hydrogens is 324 g/mol. The van der Waals surface area contributed by atoms with Gasteiger partial charge in [0.2, 0.25) is 0 Å². The number of para-hydroxylation sites is 1. The molecule has 2 aromatic rings. The van der Waals surface area contributed by atoms with Gasteiger partial charge in [0.1, 0.15) is 5.75 Å². The molecule has 0 aliphatic rings. The largest absolute Gasteiger partial charge is 0.482 e. The molecule has 0 heterocycles. The second-order valence-corrected chi connectivity index (χ2v) is 6.10. The van der Waals surface area contributed by atoms with E-state index in [9.17, 15) is 4.79 Å². The first-order valence-corrected chi connectivity index (χ1v) is 8.43. The topological polar surface area (TPSA) is 41.6 Å². The lowest BCUT2D eigenvalue weighted by atomic mass is 10.2. The van der Waals surface area contributed by atoms with Crippen LogP contribution in [0.2, 0.25) is 5.02 Å². The average Bonchev–Trinajstić information content (AvgIpc) is 2.56. The molecule has 0 spiro atoms. The predicted octanol–water partition coefficient (Wildman–Crippen LogP) is 4.59. The Bertz CT molecular complexity index is 671. The lowest BCUT2D eigenvalue weighted by molar-refractivity contribution is -0.118. The smallest absolute Gasteiger partial charge is 0.262 e. The summed E-state index contributed by atoms with van der Waals surface area (Å²) < 4.78 is 5.43. The quantitative estimate of drug-likeness (QED) is 0.797. The van der Waals surface area contributed by atoms with Crippen molar-refractivity contribution in [3.63, 3.8) is 0 Å². The van der Waals surface area contributed by atoms with E-state index in [1.807, 2.05) is 36.4 Å². The number of nitrogens with zero attached hydrogens (tertiary/aromatic N) is 1. The molecule has 0 aromatic heterocycles. The summed E-state index contributed by atoms with van der Waals surface area (Å²) in [4.78, 5) is 14.3. The van der Waals surface area contributed by atoms with Gasteiger partial charge in [0, 0.05) is 24.0 Å². The van der Waals surface area contributed by atoms with Gasteiger partial charge < -0.3 is 15.0 Å². The molecule has 0 aliphatic carbocycles. The third kappa shape index (κ3) is 4.90. The molecule has 0 saturated heterocycles. The second kappa shape index (κ2) is 8.60. The number of hydrogen-bond acceptors (Lipinski definition) is 3. The van der Waals surface area contributed by atoms with Gasteiger partial charge in [0.15, 0.2) is 6.61 Å². The van der Waals surface area contributed by atoms with E-state index in [1.54, 1.807) is 12.1 Å². The summed E-state index contributed by atoms with van der Waals surface area (Å²) in [6, 6.07) is 15.3. The molecule has 0 atom stereocenters. The number of amides is 1. The Morgan fingerprint density at radius 2 is 1.83 bits per heavy atom. The fourth-order valence-corrected chi connectivity index (χ4v) is 2.67. The first kappa shape index (κ1) is 18.1. The van der Waals surface area contributed by atoms with Crippen LogP contribution in [0.5, 0.6) is 5.75 Å². The minimum absolute atomic E-state index is 0.0848. The first-order chi connectivity index (χ1) is 11.5. The van der Waals surface area contributed by atoms with Crippen LogP contribution in [0.1, 0.15) is 20.8 Å². The SMILES string of the molecule is CCN(c1ccc(NC(=O)COc2ccccc2Cl)cc1)C(C)C. The van der Waals surface area contributed by atoms with E-state index in [2.05, 4.69) is 31.0 Å². The van der Waals surface area contributed by atoms with E-state index in [4.69, 9.17) is 16.3 Å². The first-order valence-electron chi connectivity index (χ1n) is 8.05. The number of halogens is 1. The summed E-state index contributed by atoms with van der Waals surface area (Å²) in [5, 5.41) is 3.31. The maximum absolute atomic E-state index is 12.0. The monoisotopic (exact) mass is 346 g/mol. The molecule has 1 amide bonds. The molecule has 2 rings (SSSR count). The number of ether oxygens (including phenoxy) is 1. The van der Waals surface area contributed by atoms with Crippen LogP contribution in [-0.2, 0) is 4.79 Å². The molecule has 128 valence electrons. The minimum atomic E-state index is -0.223. The third-order valence-corrected chi connectivity index (χ3v) is 3.95. The molecule has 24 heavy (non-hydrogen) atoms. The highest BCUT2D eigenvalue weighted by atomic mass is 35.5. The van der Waals surface area contributed by atoms with Gasteiger partial charge in [-0.3, -0.25) is 4.79 Å². The van der Waals surface area contributed by atoms with Gasteiger partial charge in [-0.1, -0.05) is 23.7 Å². The van der Waals surface area contributed by atoms with Crippen molar-refractivity contribution in [2.75, 3.05) is 23.4 Å². The molecule has 0 saturated carbocycles. The van der Waals surface area contributed by atoms with E-state index < -0.39 is 0 Å². The van der Waals surface area contributed by atoms with Crippen molar-refractivity contribution in [1.82, 2.24) is 0 Å². The highest BCUT2D eigenvalue weighted by Crippen LogP contribution is 2.23. The zero-order chi connectivity index (χ0) is 17.5. The molecule has 4 nitrogen and oxygen atoms in total. The minimum Gasteiger partial charge on any atom is -0.482 e. The standard InChI is InChI=1S/C19H23ClN2O2/c1-4-22(14(2)3)16-11-9-15(10-12-16)21-19(23)13-24-18-8-6-5-7-17(18)20/h5-12,14H,4,13H2,1-3H3,(H,21,23). The summed E-state index contributed by atoms with van der Waals surface area (Å²) in [5.74, 6) is 0.277. The van der Waals surface area contributed by atoms with Crippen LogP contribution in [0.4, 0.5) is 11.4 Å². The van der Waals surface area contributed by atoms with Crippen LogP contribution in [0, 0.1) is 0 Å². The molecular formula is C19H23ClN2O2. The average molecular weight is 347 g/mol. The zero-order valence-corrected chi connectivity index (χ0v) is 15.0. The van der Waals surface area contributed by atoms with Crippen LogP contribution in [-0.4, -0.2) is 25.1 Å². The molecule has 0 fully saturated rings. The lowest BCUT2D eigenvalue weighted by Crippen LogP contribution is -2.30. The highest BCUT2D eigenvalue weighted by Gasteiger charge is 2.09. The van der Waals surface area contributed by atoms with Gasteiger partial charge in [0.05, 0.1) is 5.02 Å². The predicted molar refractivity (Wildman–Crippen MR) is 100 cm³/mol. The Balaban J connectivity index is 1.91. The highest BCUT2D eigenvalue weighted by molar-refractivity contribution is 6.32. The van der Waals surface area contributed by atoms with Gasteiger partial charge in [0.25, 0.3) is 5.91 Å². The Morgan fingerprint density at radius 1 is 1.17 bits per heavy atom. The maximum atomic E-state index is 12.0. The van der Waals surface area contributed by atoms with E-state index in [1.165, 1.54) is 0 Å². The van der Waals surface area contributed by atoms with Crippen molar-refractivity contribution in [3.05, 3.63) is 53.6 Å². The maximum Gasteiger partial charge on any atom is 0.262 e. The van der Waals surface area contributed by atoms with Gasteiger partial charge in [-0.15, -0.1) is 0 Å². The summed E-state index contributed by atoms with van der Waals surface area (Å²) in [6.45, 7) is 7.30. The molecule has 1 N–H and O–H groups in total. The van der Waals surface area contributed by atoms with Crippen molar-refractivity contribution < 1.29 is 9.53 Å². The lowest BCUT2D eigenvalue weighted by Gasteiger charge is -2.27. The number of benzene rings is 2. The Kier molecular flexibility index (Phi) is 6.50. The number of carbonyl (C=O) groups is 1. The Hall–Kier alpha value is -2.20. The normalized spacial score (nSPS) is 10.5. The summed E-state index contributed by atoms with van der Waals surface area (Å²) >= 11 is 5.99. The van der Waals surface area contributed by atoms with Crippen LogP contribution < -0.4 is 15.0 Å². The van der Waals surface area contributed by atoms with Gasteiger partial charge in [-0.25, -0.2) is 0 Å². The molecule has 5 heteroatoms. The fraction of sp³-hybridized carbons (Fsp3) is 0.316. The number of carbonyl (C=O) groups excluding carboxylic acids is 1. The fourth-order valence-electron chi connectivity index (χ4n) is 2.48. The number of anilines is 2. The third-order valence-electron chi connectivity index (χ3n) is 3.64. The van der Waals surface area contributed by atoms with Crippen molar-refractivity contribution in [3.8, 4) is 5.75 Å². The van der Waals surface area contributed by atoms with Crippen molar-refractivity contribution >= 4 is 28.9 Å². The molecule has 0 bridgehead atoms. The van der Waals surface area contributed by atoms with Gasteiger partial charge in [-0.05, 0) is 57.2 Å². The number of rotatable bonds is 7. The van der Waals surface area contributed by atoms with Crippen LogP contribution in [0.25, 0.3) is 0 Å². The summed E-state index contributed by atoms with van der Waals surface area (Å²) in [5.41, 5.74) is 1.88. The van der Waals surface area contributed by atoms with E-state index in [0.717, 1.165) is 17.9 Å². The molecule has 2 aromatic carbocycles. The van der Waals surface area contributed by atoms with E-state index >= 15 is 0 Å². The second-order valence-electron chi connectivity index (χ2n) is 5.69. The summed E-state index contributed by atoms with van der Waals surface area (Å²) in [6.07, 6.45) is 0. The molecule has 0 aliphatic heterocycles. The van der Waals surface area contributed by atoms with Crippen molar-refractivity contribution in [1.29, 1.82) is 0 Å². The molecule has 0 radical (unpaired) electrons. The van der Waals surface area contributed by atoms with E-state index in [-0.39, 0.29) is 12.5 Å². The van der Waals surface area contributed by atoms with Crippen molar-refractivity contribution in [2.45, 2.75) is 26.8 Å². The summed E-state index contributed by atoms with van der Waals surface area (Å²) in [7, 11) is 0. The number of hydrogen-bond donors (Lipinski definition) is 1. The van der Waals surface area contributed by atoms with Crippen LogP contribution in [0.3, 0.4) is 0 Å². The van der Waals surface area contributed by atoms with Gasteiger partial charge in [-0.2, -0.15) is 0 Å². The number of nitrogens with one attached hydrogen (secondary N) is 1. The van der Waals surface area contributed by atoms with Crippen LogP contribution in [0.15, 0.2) is 48.5 Å². The van der Waals surface area contributed by atoms with Crippen molar-refractivity contribution in [2.24, 2.45) is 0 Å². The zero-order valence-electron chi connectivity index (χ0n) is 14.3. The molecule has 0 unspecified atom stereocenters. The Morgan fingerprint density at radius 3 is 2.42 bits per heavy atom. The Labute approximate surface area is 148 Å². The van der Waals surface area contributed by atoms with Crippen LogP contribution >= 0.6 is 11.6 Å². The van der Waals surface area contributed by atoms with Gasteiger partial charge >= 0.3 is 0 Å².